The summed E-state index contributed by atoms with van der Waals surface area (Å²) in [7, 11) is 0. The van der Waals surface area contributed by atoms with Crippen LogP contribution in [-0.2, 0) is 9.59 Å². The van der Waals surface area contributed by atoms with Gasteiger partial charge < -0.3 is 20.4 Å². The molecule has 1 fully saturated rings. The number of carbonyl (C=O) groups is 3. The summed E-state index contributed by atoms with van der Waals surface area (Å²) in [6, 6.07) is 1.52. The third-order valence-electron chi connectivity index (χ3n) is 2.92. The summed E-state index contributed by atoms with van der Waals surface area (Å²) in [5.74, 6) is -3.96. The maximum atomic E-state index is 12.9. The van der Waals surface area contributed by atoms with Gasteiger partial charge in [-0.25, -0.2) is 9.18 Å². The SMILES string of the molecule is O=C1CN(C(=O)c2ccc(F)cc2O)C(C(=O)O)CN1. The maximum Gasteiger partial charge on any atom is 0.328 e. The first-order valence-corrected chi connectivity index (χ1v) is 5.69. The van der Waals surface area contributed by atoms with Crippen LogP contribution in [0, 0.1) is 5.82 Å². The summed E-state index contributed by atoms with van der Waals surface area (Å²) in [4.78, 5) is 35.4. The largest absolute Gasteiger partial charge is 0.507 e. The van der Waals surface area contributed by atoms with Crippen molar-refractivity contribution in [1.82, 2.24) is 10.2 Å². The van der Waals surface area contributed by atoms with Gasteiger partial charge in [0.2, 0.25) is 5.91 Å². The highest BCUT2D eigenvalue weighted by Crippen LogP contribution is 2.21. The van der Waals surface area contributed by atoms with Crippen LogP contribution in [0.5, 0.6) is 5.75 Å². The molecule has 3 N–H and O–H groups in total. The second-order valence-electron chi connectivity index (χ2n) is 4.25. The second-order valence-corrected chi connectivity index (χ2v) is 4.25. The zero-order valence-electron chi connectivity index (χ0n) is 10.2. The zero-order valence-corrected chi connectivity index (χ0v) is 10.2. The Labute approximate surface area is 112 Å². The maximum absolute atomic E-state index is 12.9. The van der Waals surface area contributed by atoms with E-state index in [-0.39, 0.29) is 12.1 Å². The van der Waals surface area contributed by atoms with Crippen LogP contribution in [-0.4, -0.2) is 52.0 Å². The predicted molar refractivity (Wildman–Crippen MR) is 63.5 cm³/mol. The molecule has 106 valence electrons. The van der Waals surface area contributed by atoms with Crippen molar-refractivity contribution in [3.05, 3.63) is 29.6 Å². The minimum Gasteiger partial charge on any atom is -0.507 e. The van der Waals surface area contributed by atoms with Gasteiger partial charge >= 0.3 is 5.97 Å². The van der Waals surface area contributed by atoms with E-state index in [1.807, 2.05) is 0 Å². The van der Waals surface area contributed by atoms with Gasteiger partial charge in [-0.05, 0) is 12.1 Å². The number of rotatable bonds is 2. The number of hydrogen-bond donors (Lipinski definition) is 3. The predicted octanol–water partition coefficient (Wildman–Crippen LogP) is -0.443. The second kappa shape index (κ2) is 5.16. The molecular formula is C12H11FN2O5. The highest BCUT2D eigenvalue weighted by atomic mass is 19.1. The molecule has 1 saturated heterocycles. The van der Waals surface area contributed by atoms with E-state index in [4.69, 9.17) is 5.11 Å². The smallest absolute Gasteiger partial charge is 0.328 e. The van der Waals surface area contributed by atoms with Crippen molar-refractivity contribution < 1.29 is 29.0 Å². The van der Waals surface area contributed by atoms with Crippen molar-refractivity contribution in [2.24, 2.45) is 0 Å². The minimum absolute atomic E-state index is 0.220. The van der Waals surface area contributed by atoms with Crippen LogP contribution in [0.4, 0.5) is 4.39 Å². The molecule has 1 heterocycles. The van der Waals surface area contributed by atoms with Crippen molar-refractivity contribution in [1.29, 1.82) is 0 Å². The Morgan fingerprint density at radius 2 is 2.10 bits per heavy atom. The Morgan fingerprint density at radius 3 is 2.70 bits per heavy atom. The summed E-state index contributed by atoms with van der Waals surface area (Å²) in [5, 5.41) is 20.9. The number of phenols is 1. The van der Waals surface area contributed by atoms with Crippen molar-refractivity contribution >= 4 is 17.8 Å². The number of piperazine rings is 1. The van der Waals surface area contributed by atoms with E-state index in [9.17, 15) is 23.9 Å². The van der Waals surface area contributed by atoms with Gasteiger partial charge in [0.25, 0.3) is 5.91 Å². The van der Waals surface area contributed by atoms with Gasteiger partial charge in [0.1, 0.15) is 24.2 Å². The van der Waals surface area contributed by atoms with Crippen LogP contribution in [0.1, 0.15) is 10.4 Å². The van der Waals surface area contributed by atoms with E-state index in [1.165, 1.54) is 0 Å². The summed E-state index contributed by atoms with van der Waals surface area (Å²) < 4.78 is 12.9. The van der Waals surface area contributed by atoms with Crippen LogP contribution in [0.25, 0.3) is 0 Å². The molecule has 1 aliphatic rings. The number of nitrogens with one attached hydrogen (secondary N) is 1. The van der Waals surface area contributed by atoms with Crippen LogP contribution in [0.15, 0.2) is 18.2 Å². The molecule has 0 spiro atoms. The van der Waals surface area contributed by atoms with Crippen LogP contribution in [0.2, 0.25) is 0 Å². The van der Waals surface area contributed by atoms with Crippen molar-refractivity contribution in [2.75, 3.05) is 13.1 Å². The zero-order chi connectivity index (χ0) is 14.9. The first-order valence-electron chi connectivity index (χ1n) is 5.69. The third kappa shape index (κ3) is 2.53. The number of carboxylic acid groups (broad SMARTS) is 1. The molecule has 8 heteroatoms. The third-order valence-corrected chi connectivity index (χ3v) is 2.92. The highest BCUT2D eigenvalue weighted by molar-refractivity contribution is 6.01. The molecule has 0 saturated carbocycles. The van der Waals surface area contributed by atoms with Crippen LogP contribution < -0.4 is 5.32 Å². The molecule has 0 bridgehead atoms. The average Bonchev–Trinajstić information content (AvgIpc) is 2.37. The molecule has 0 radical (unpaired) electrons. The quantitative estimate of drug-likeness (QED) is 0.681. The van der Waals surface area contributed by atoms with Gasteiger partial charge in [0, 0.05) is 12.6 Å². The van der Waals surface area contributed by atoms with Crippen LogP contribution in [0.3, 0.4) is 0 Å². The van der Waals surface area contributed by atoms with Gasteiger partial charge in [-0.2, -0.15) is 0 Å². The Bertz CT molecular complexity index is 589. The Hall–Kier alpha value is -2.64. The number of phenolic OH excluding ortho intramolecular Hbond substituents is 1. The fraction of sp³-hybridized carbons (Fsp3) is 0.250. The molecule has 1 aromatic carbocycles. The molecular weight excluding hydrogens is 271 g/mol. The van der Waals surface area contributed by atoms with E-state index in [2.05, 4.69) is 5.32 Å². The van der Waals surface area contributed by atoms with Gasteiger partial charge in [0.15, 0.2) is 0 Å². The standard InChI is InChI=1S/C12H11FN2O5/c13-6-1-2-7(9(16)3-6)11(18)15-5-10(17)14-4-8(15)12(19)20/h1-3,8,16H,4-5H2,(H,14,17)(H,19,20). The van der Waals surface area contributed by atoms with Crippen molar-refractivity contribution in [3.63, 3.8) is 0 Å². The highest BCUT2D eigenvalue weighted by Gasteiger charge is 2.36. The number of hydrogen-bond acceptors (Lipinski definition) is 4. The minimum atomic E-state index is -1.28. The number of carboxylic acids is 1. The molecule has 1 atom stereocenters. The molecule has 2 rings (SSSR count). The summed E-state index contributed by atoms with van der Waals surface area (Å²) in [5.41, 5.74) is -0.257. The molecule has 0 aromatic heterocycles. The Balaban J connectivity index is 2.33. The van der Waals surface area contributed by atoms with Gasteiger partial charge in [-0.1, -0.05) is 0 Å². The summed E-state index contributed by atoms with van der Waals surface area (Å²) >= 11 is 0. The number of aromatic hydroxyl groups is 1. The van der Waals surface area contributed by atoms with E-state index < -0.39 is 41.9 Å². The number of nitrogens with zero attached hydrogens (tertiary/aromatic N) is 1. The molecule has 1 aliphatic heterocycles. The molecule has 1 aromatic rings. The number of halogens is 1. The lowest BCUT2D eigenvalue weighted by atomic mass is 10.1. The Kier molecular flexibility index (Phi) is 3.55. The first-order chi connectivity index (χ1) is 9.40. The monoisotopic (exact) mass is 282 g/mol. The lowest BCUT2D eigenvalue weighted by Crippen LogP contribution is -2.59. The van der Waals surface area contributed by atoms with E-state index in [0.29, 0.717) is 0 Å². The molecule has 0 aliphatic carbocycles. The first kappa shape index (κ1) is 13.8. The average molecular weight is 282 g/mol. The number of amides is 2. The normalized spacial score (nSPS) is 18.6. The van der Waals surface area contributed by atoms with Crippen molar-refractivity contribution in [3.8, 4) is 5.75 Å². The van der Waals surface area contributed by atoms with E-state index in [0.717, 1.165) is 23.1 Å². The number of aliphatic carboxylic acids is 1. The fourth-order valence-electron chi connectivity index (χ4n) is 1.92. The van der Waals surface area contributed by atoms with Gasteiger partial charge in [-0.3, -0.25) is 9.59 Å². The molecule has 20 heavy (non-hydrogen) atoms. The number of carbonyl (C=O) groups excluding carboxylic acids is 2. The lowest BCUT2D eigenvalue weighted by molar-refractivity contribution is -0.144. The lowest BCUT2D eigenvalue weighted by Gasteiger charge is -2.32. The van der Waals surface area contributed by atoms with Crippen LogP contribution >= 0.6 is 0 Å². The van der Waals surface area contributed by atoms with E-state index >= 15 is 0 Å². The summed E-state index contributed by atoms with van der Waals surface area (Å²) in [6.45, 7) is -0.658. The topological polar surface area (TPSA) is 107 Å². The summed E-state index contributed by atoms with van der Waals surface area (Å²) in [6.07, 6.45) is 0. The fourth-order valence-corrected chi connectivity index (χ4v) is 1.92. The van der Waals surface area contributed by atoms with Gasteiger partial charge in [0.05, 0.1) is 5.56 Å². The molecule has 2 amide bonds. The van der Waals surface area contributed by atoms with E-state index in [1.54, 1.807) is 0 Å². The molecule has 1 unspecified atom stereocenters. The Morgan fingerprint density at radius 1 is 1.40 bits per heavy atom. The van der Waals surface area contributed by atoms with Crippen molar-refractivity contribution in [2.45, 2.75) is 6.04 Å². The number of benzene rings is 1. The molecule has 7 nitrogen and oxygen atoms in total. The van der Waals surface area contributed by atoms with Gasteiger partial charge in [-0.15, -0.1) is 0 Å².